The number of aromatic nitrogens is 2. The number of nitrogens with one attached hydrogen (secondary N) is 1. The van der Waals surface area contributed by atoms with Gasteiger partial charge in [-0.15, -0.1) is 0 Å². The first kappa shape index (κ1) is 14.0. The molecule has 2 rings (SSSR count). The first-order valence-electron chi connectivity index (χ1n) is 6.13. The SMILES string of the molecule is CC[C@H](Oc1ccccc1F)C(=O)Nc1nonc1C. The number of hydrogen-bond donors (Lipinski definition) is 1. The molecule has 106 valence electrons. The van der Waals surface area contributed by atoms with E-state index in [-0.39, 0.29) is 11.6 Å². The number of rotatable bonds is 5. The summed E-state index contributed by atoms with van der Waals surface area (Å²) in [5, 5.41) is 9.63. The first-order valence-corrected chi connectivity index (χ1v) is 6.13. The fourth-order valence-electron chi connectivity index (χ4n) is 1.56. The molecule has 0 saturated carbocycles. The minimum Gasteiger partial charge on any atom is -0.478 e. The van der Waals surface area contributed by atoms with Gasteiger partial charge < -0.3 is 10.1 Å². The van der Waals surface area contributed by atoms with Crippen molar-refractivity contribution >= 4 is 11.7 Å². The topological polar surface area (TPSA) is 77.2 Å². The molecule has 1 aromatic carbocycles. The fraction of sp³-hybridized carbons (Fsp3) is 0.308. The summed E-state index contributed by atoms with van der Waals surface area (Å²) in [7, 11) is 0. The molecule has 1 N–H and O–H groups in total. The third kappa shape index (κ3) is 3.11. The van der Waals surface area contributed by atoms with Crippen LogP contribution in [0.5, 0.6) is 5.75 Å². The Hall–Kier alpha value is -2.44. The van der Waals surface area contributed by atoms with Gasteiger partial charge in [-0.05, 0) is 30.6 Å². The van der Waals surface area contributed by atoms with E-state index in [1.165, 1.54) is 12.1 Å². The van der Waals surface area contributed by atoms with Crippen molar-refractivity contribution in [3.05, 3.63) is 35.8 Å². The molecule has 0 unspecified atom stereocenters. The predicted molar refractivity (Wildman–Crippen MR) is 68.8 cm³/mol. The van der Waals surface area contributed by atoms with Gasteiger partial charge in [-0.1, -0.05) is 24.2 Å². The predicted octanol–water partition coefficient (Wildman–Crippen LogP) is 2.31. The van der Waals surface area contributed by atoms with Crippen LogP contribution < -0.4 is 10.1 Å². The Morgan fingerprint density at radius 1 is 1.45 bits per heavy atom. The van der Waals surface area contributed by atoms with Crippen LogP contribution in [0, 0.1) is 12.7 Å². The van der Waals surface area contributed by atoms with Crippen molar-refractivity contribution in [3.63, 3.8) is 0 Å². The van der Waals surface area contributed by atoms with Crippen molar-refractivity contribution in [3.8, 4) is 5.75 Å². The lowest BCUT2D eigenvalue weighted by Gasteiger charge is -2.16. The summed E-state index contributed by atoms with van der Waals surface area (Å²) in [4.78, 5) is 12.0. The van der Waals surface area contributed by atoms with Crippen molar-refractivity contribution in [2.45, 2.75) is 26.4 Å². The zero-order valence-corrected chi connectivity index (χ0v) is 11.1. The zero-order chi connectivity index (χ0) is 14.5. The molecule has 0 aliphatic rings. The number of aryl methyl sites for hydroxylation is 1. The third-order valence-electron chi connectivity index (χ3n) is 2.66. The third-order valence-corrected chi connectivity index (χ3v) is 2.66. The smallest absolute Gasteiger partial charge is 0.266 e. The summed E-state index contributed by atoms with van der Waals surface area (Å²) in [5.74, 6) is -0.692. The Morgan fingerprint density at radius 2 is 2.20 bits per heavy atom. The molecule has 0 fully saturated rings. The molecule has 1 atom stereocenters. The van der Waals surface area contributed by atoms with Gasteiger partial charge in [0, 0.05) is 0 Å². The minimum absolute atomic E-state index is 0.0319. The number of para-hydroxylation sites is 1. The summed E-state index contributed by atoms with van der Waals surface area (Å²) in [5.41, 5.74) is 0.457. The van der Waals surface area contributed by atoms with Gasteiger partial charge in [0.1, 0.15) is 5.69 Å². The number of anilines is 1. The number of carbonyl (C=O) groups is 1. The van der Waals surface area contributed by atoms with Crippen LogP contribution in [-0.2, 0) is 4.79 Å². The van der Waals surface area contributed by atoms with Gasteiger partial charge in [-0.3, -0.25) is 4.79 Å². The van der Waals surface area contributed by atoms with E-state index in [4.69, 9.17) is 4.74 Å². The lowest BCUT2D eigenvalue weighted by Crippen LogP contribution is -2.33. The number of nitrogens with zero attached hydrogens (tertiary/aromatic N) is 2. The number of halogens is 1. The average molecular weight is 279 g/mol. The summed E-state index contributed by atoms with van der Waals surface area (Å²) >= 11 is 0. The Kier molecular flexibility index (Phi) is 4.29. The number of hydrogen-bond acceptors (Lipinski definition) is 5. The Morgan fingerprint density at radius 3 is 2.80 bits per heavy atom. The molecule has 0 bridgehead atoms. The first-order chi connectivity index (χ1) is 9.61. The van der Waals surface area contributed by atoms with Crippen molar-refractivity contribution in [1.82, 2.24) is 10.3 Å². The van der Waals surface area contributed by atoms with E-state index in [1.807, 2.05) is 0 Å². The molecular formula is C13H14FN3O3. The number of carbonyl (C=O) groups excluding carboxylic acids is 1. The minimum atomic E-state index is -0.831. The van der Waals surface area contributed by atoms with Crippen LogP contribution in [0.3, 0.4) is 0 Å². The molecule has 1 heterocycles. The monoisotopic (exact) mass is 279 g/mol. The summed E-state index contributed by atoms with van der Waals surface area (Å²) in [6, 6.07) is 5.92. The average Bonchev–Trinajstić information content (AvgIpc) is 2.83. The van der Waals surface area contributed by atoms with Crippen LogP contribution in [0.15, 0.2) is 28.9 Å². The van der Waals surface area contributed by atoms with E-state index in [1.54, 1.807) is 26.0 Å². The molecule has 7 heteroatoms. The molecule has 0 aliphatic carbocycles. The van der Waals surface area contributed by atoms with Gasteiger partial charge in [-0.2, -0.15) is 0 Å². The van der Waals surface area contributed by atoms with Crippen molar-refractivity contribution in [2.75, 3.05) is 5.32 Å². The van der Waals surface area contributed by atoms with Crippen LogP contribution in [-0.4, -0.2) is 22.3 Å². The van der Waals surface area contributed by atoms with Crippen LogP contribution in [0.2, 0.25) is 0 Å². The molecule has 6 nitrogen and oxygen atoms in total. The van der Waals surface area contributed by atoms with Gasteiger partial charge in [0.2, 0.25) is 0 Å². The Balaban J connectivity index is 2.07. The molecule has 2 aromatic rings. The van der Waals surface area contributed by atoms with Gasteiger partial charge in [0.15, 0.2) is 23.5 Å². The molecule has 1 aromatic heterocycles. The van der Waals surface area contributed by atoms with Gasteiger partial charge in [-0.25, -0.2) is 9.02 Å². The second kappa shape index (κ2) is 6.14. The van der Waals surface area contributed by atoms with E-state index >= 15 is 0 Å². The maximum atomic E-state index is 13.5. The zero-order valence-electron chi connectivity index (χ0n) is 11.1. The van der Waals surface area contributed by atoms with Crippen LogP contribution in [0.4, 0.5) is 10.2 Å². The lowest BCUT2D eigenvalue weighted by molar-refractivity contribution is -0.122. The molecule has 20 heavy (non-hydrogen) atoms. The Bertz CT molecular complexity index is 600. The van der Waals surface area contributed by atoms with E-state index < -0.39 is 17.8 Å². The van der Waals surface area contributed by atoms with E-state index in [0.29, 0.717) is 12.1 Å². The molecule has 0 radical (unpaired) electrons. The van der Waals surface area contributed by atoms with Gasteiger partial charge in [0.05, 0.1) is 0 Å². The van der Waals surface area contributed by atoms with Crippen molar-refractivity contribution in [2.24, 2.45) is 0 Å². The molecule has 0 saturated heterocycles. The standard InChI is InChI=1S/C13H14FN3O3/c1-3-10(19-11-7-5-4-6-9(11)14)13(18)15-12-8(2)16-20-17-12/h4-7,10H,3H2,1-2H3,(H,15,17,18)/t10-/m0/s1. The highest BCUT2D eigenvalue weighted by molar-refractivity contribution is 5.93. The second-order valence-corrected chi connectivity index (χ2v) is 4.13. The van der Waals surface area contributed by atoms with Crippen molar-refractivity contribution in [1.29, 1.82) is 0 Å². The van der Waals surface area contributed by atoms with Crippen LogP contribution in [0.1, 0.15) is 19.0 Å². The quantitative estimate of drug-likeness (QED) is 0.908. The maximum absolute atomic E-state index is 13.5. The normalized spacial score (nSPS) is 11.9. The summed E-state index contributed by atoms with van der Waals surface area (Å²) in [6.07, 6.45) is -0.451. The largest absolute Gasteiger partial charge is 0.478 e. The molecule has 0 spiro atoms. The van der Waals surface area contributed by atoms with Crippen molar-refractivity contribution < 1.29 is 18.6 Å². The van der Waals surface area contributed by atoms with E-state index in [2.05, 4.69) is 20.3 Å². The molecular weight excluding hydrogens is 265 g/mol. The summed E-state index contributed by atoms with van der Waals surface area (Å²) < 4.78 is 23.4. The van der Waals surface area contributed by atoms with Crippen LogP contribution in [0.25, 0.3) is 0 Å². The number of benzene rings is 1. The maximum Gasteiger partial charge on any atom is 0.266 e. The lowest BCUT2D eigenvalue weighted by atomic mass is 10.2. The van der Waals surface area contributed by atoms with E-state index in [9.17, 15) is 9.18 Å². The van der Waals surface area contributed by atoms with E-state index in [0.717, 1.165) is 0 Å². The highest BCUT2D eigenvalue weighted by Crippen LogP contribution is 2.19. The Labute approximate surface area is 114 Å². The fourth-order valence-corrected chi connectivity index (χ4v) is 1.56. The molecule has 1 amide bonds. The highest BCUT2D eigenvalue weighted by atomic mass is 19.1. The second-order valence-electron chi connectivity index (χ2n) is 4.13. The molecule has 0 aliphatic heterocycles. The number of amides is 1. The van der Waals surface area contributed by atoms with Gasteiger partial charge in [0.25, 0.3) is 5.91 Å². The summed E-state index contributed by atoms with van der Waals surface area (Å²) in [6.45, 7) is 3.41. The van der Waals surface area contributed by atoms with Crippen LogP contribution >= 0.6 is 0 Å². The number of ether oxygens (including phenoxy) is 1. The van der Waals surface area contributed by atoms with Gasteiger partial charge >= 0.3 is 0 Å². The highest BCUT2D eigenvalue weighted by Gasteiger charge is 2.21.